The van der Waals surface area contributed by atoms with E-state index in [9.17, 15) is 9.59 Å². The first-order valence-electron chi connectivity index (χ1n) is 7.83. The Morgan fingerprint density at radius 3 is 2.82 bits per heavy atom. The Bertz CT molecular complexity index is 512. The van der Waals surface area contributed by atoms with Crippen molar-refractivity contribution in [2.24, 2.45) is 0 Å². The molecule has 4 nitrogen and oxygen atoms in total. The largest absolute Gasteiger partial charge is 0.459 e. The lowest BCUT2D eigenvalue weighted by Gasteiger charge is -2.23. The normalized spacial score (nSPS) is 17.3. The monoisotopic (exact) mass is 301 g/mol. The molecule has 0 spiro atoms. The van der Waals surface area contributed by atoms with E-state index in [4.69, 9.17) is 4.74 Å². The van der Waals surface area contributed by atoms with Crippen LogP contribution in [0.1, 0.15) is 37.7 Å². The summed E-state index contributed by atoms with van der Waals surface area (Å²) in [6.45, 7) is 4.56. The summed E-state index contributed by atoms with van der Waals surface area (Å²) in [5.41, 5.74) is 0.956. The highest BCUT2D eigenvalue weighted by Crippen LogP contribution is 2.20. The fourth-order valence-electron chi connectivity index (χ4n) is 2.68. The van der Waals surface area contributed by atoms with E-state index in [-0.39, 0.29) is 18.5 Å². The number of unbranched alkanes of at least 4 members (excludes halogenated alkanes) is 1. The zero-order valence-electron chi connectivity index (χ0n) is 12.9. The molecule has 1 aromatic rings. The van der Waals surface area contributed by atoms with Gasteiger partial charge in [-0.05, 0) is 31.2 Å². The number of amides is 1. The molecule has 4 heteroatoms. The average Bonchev–Trinajstić information content (AvgIpc) is 3.03. The van der Waals surface area contributed by atoms with E-state index in [1.54, 1.807) is 4.90 Å². The van der Waals surface area contributed by atoms with Crippen LogP contribution in [0.4, 0.5) is 0 Å². The zero-order chi connectivity index (χ0) is 15.8. The second-order valence-electron chi connectivity index (χ2n) is 5.52. The van der Waals surface area contributed by atoms with E-state index in [1.807, 2.05) is 36.4 Å². The van der Waals surface area contributed by atoms with Gasteiger partial charge in [0.05, 0.1) is 0 Å². The Hall–Kier alpha value is -2.10. The average molecular weight is 301 g/mol. The van der Waals surface area contributed by atoms with Crippen LogP contribution in [0.5, 0.6) is 0 Å². The van der Waals surface area contributed by atoms with Gasteiger partial charge in [-0.3, -0.25) is 4.79 Å². The van der Waals surface area contributed by atoms with Gasteiger partial charge in [0.25, 0.3) is 0 Å². The second kappa shape index (κ2) is 8.37. The maximum absolute atomic E-state index is 12.2. The van der Waals surface area contributed by atoms with E-state index in [2.05, 4.69) is 6.58 Å². The van der Waals surface area contributed by atoms with Crippen LogP contribution in [0, 0.1) is 0 Å². The van der Waals surface area contributed by atoms with Crippen molar-refractivity contribution in [1.82, 2.24) is 4.90 Å². The van der Waals surface area contributed by atoms with Crippen molar-refractivity contribution in [3.63, 3.8) is 0 Å². The minimum Gasteiger partial charge on any atom is -0.459 e. The Morgan fingerprint density at radius 2 is 2.09 bits per heavy atom. The van der Waals surface area contributed by atoms with Crippen molar-refractivity contribution in [2.75, 3.05) is 6.54 Å². The summed E-state index contributed by atoms with van der Waals surface area (Å²) in [4.78, 5) is 26.1. The third kappa shape index (κ3) is 4.45. The molecule has 0 bridgehead atoms. The minimum absolute atomic E-state index is 0.0426. The fraction of sp³-hybridized carbons (Fsp3) is 0.444. The van der Waals surface area contributed by atoms with Crippen LogP contribution >= 0.6 is 0 Å². The van der Waals surface area contributed by atoms with Gasteiger partial charge in [0, 0.05) is 13.0 Å². The van der Waals surface area contributed by atoms with Crippen LogP contribution < -0.4 is 0 Å². The van der Waals surface area contributed by atoms with E-state index >= 15 is 0 Å². The predicted molar refractivity (Wildman–Crippen MR) is 85.0 cm³/mol. The highest BCUT2D eigenvalue weighted by atomic mass is 16.5. The summed E-state index contributed by atoms with van der Waals surface area (Å²) >= 11 is 0. The van der Waals surface area contributed by atoms with Crippen LogP contribution in [-0.4, -0.2) is 29.4 Å². The number of rotatable bonds is 7. The van der Waals surface area contributed by atoms with Crippen molar-refractivity contribution >= 4 is 11.9 Å². The van der Waals surface area contributed by atoms with Crippen LogP contribution in [0.15, 0.2) is 43.0 Å². The second-order valence-corrected chi connectivity index (χ2v) is 5.52. The van der Waals surface area contributed by atoms with Crippen molar-refractivity contribution in [2.45, 2.75) is 44.8 Å². The molecule has 1 saturated heterocycles. The number of carbonyl (C=O) groups excluding carboxylic acids is 2. The van der Waals surface area contributed by atoms with Crippen molar-refractivity contribution in [3.8, 4) is 0 Å². The van der Waals surface area contributed by atoms with Crippen molar-refractivity contribution in [3.05, 3.63) is 48.6 Å². The molecule has 118 valence electrons. The SMILES string of the molecule is C=CCCCC(=O)N1CCC[C@H]1C(=O)OCc1ccccc1. The maximum atomic E-state index is 12.2. The molecule has 1 aliphatic heterocycles. The number of likely N-dealkylation sites (tertiary alicyclic amines) is 1. The summed E-state index contributed by atoms with van der Waals surface area (Å²) in [5.74, 6) is -0.251. The van der Waals surface area contributed by atoms with Gasteiger partial charge in [-0.25, -0.2) is 4.79 Å². The van der Waals surface area contributed by atoms with Gasteiger partial charge in [-0.1, -0.05) is 36.4 Å². The molecule has 22 heavy (non-hydrogen) atoms. The molecule has 0 unspecified atom stereocenters. The summed E-state index contributed by atoms with van der Waals surface area (Å²) in [6.07, 6.45) is 5.43. The topological polar surface area (TPSA) is 46.6 Å². The van der Waals surface area contributed by atoms with E-state index < -0.39 is 6.04 Å². The maximum Gasteiger partial charge on any atom is 0.329 e. The molecular formula is C18H23NO3. The Labute approximate surface area is 131 Å². The van der Waals surface area contributed by atoms with E-state index in [1.165, 1.54) is 0 Å². The number of carbonyl (C=O) groups is 2. The number of nitrogens with zero attached hydrogens (tertiary/aromatic N) is 1. The molecule has 0 saturated carbocycles. The fourth-order valence-corrected chi connectivity index (χ4v) is 2.68. The third-order valence-corrected chi connectivity index (χ3v) is 3.87. The highest BCUT2D eigenvalue weighted by Gasteiger charge is 2.34. The summed E-state index contributed by atoms with van der Waals surface area (Å²) in [7, 11) is 0. The number of benzene rings is 1. The first-order chi connectivity index (χ1) is 10.7. The van der Waals surface area contributed by atoms with Crippen LogP contribution in [-0.2, 0) is 20.9 Å². The molecule has 1 aliphatic rings. The Balaban J connectivity index is 1.85. The summed E-state index contributed by atoms with van der Waals surface area (Å²) in [5, 5.41) is 0. The number of allylic oxidation sites excluding steroid dienone is 1. The minimum atomic E-state index is -0.417. The van der Waals surface area contributed by atoms with Gasteiger partial charge < -0.3 is 9.64 Å². The molecule has 1 atom stereocenters. The number of esters is 1. The van der Waals surface area contributed by atoms with Crippen molar-refractivity contribution in [1.29, 1.82) is 0 Å². The molecule has 1 aromatic carbocycles. The van der Waals surface area contributed by atoms with Crippen molar-refractivity contribution < 1.29 is 14.3 Å². The zero-order valence-corrected chi connectivity index (χ0v) is 12.9. The quantitative estimate of drug-likeness (QED) is 0.442. The highest BCUT2D eigenvalue weighted by molar-refractivity contribution is 5.85. The molecule has 2 rings (SSSR count). The molecule has 1 heterocycles. The van der Waals surface area contributed by atoms with Gasteiger partial charge >= 0.3 is 5.97 Å². The molecule has 1 amide bonds. The third-order valence-electron chi connectivity index (χ3n) is 3.87. The first-order valence-corrected chi connectivity index (χ1v) is 7.83. The van der Waals surface area contributed by atoms with Gasteiger partial charge in [-0.15, -0.1) is 6.58 Å². The lowest BCUT2D eigenvalue weighted by molar-refractivity contribution is -0.154. The number of hydrogen-bond acceptors (Lipinski definition) is 3. The van der Waals surface area contributed by atoms with Gasteiger partial charge in [0.2, 0.25) is 5.91 Å². The Morgan fingerprint density at radius 1 is 1.32 bits per heavy atom. The lowest BCUT2D eigenvalue weighted by atomic mass is 10.2. The molecule has 0 N–H and O–H groups in total. The molecular weight excluding hydrogens is 278 g/mol. The smallest absolute Gasteiger partial charge is 0.329 e. The molecule has 0 aromatic heterocycles. The van der Waals surface area contributed by atoms with Crippen LogP contribution in [0.3, 0.4) is 0 Å². The number of hydrogen-bond donors (Lipinski definition) is 0. The first kappa shape index (κ1) is 16.3. The standard InChI is InChI=1S/C18H23NO3/c1-2-3-5-12-17(20)19-13-8-11-16(19)18(21)22-14-15-9-6-4-7-10-15/h2,4,6-7,9-10,16H,1,3,5,8,11-14H2/t16-/m0/s1. The van der Waals surface area contributed by atoms with Gasteiger partial charge in [0.1, 0.15) is 12.6 Å². The van der Waals surface area contributed by atoms with Crippen LogP contribution in [0.2, 0.25) is 0 Å². The van der Waals surface area contributed by atoms with E-state index in [0.717, 1.165) is 24.8 Å². The molecule has 1 fully saturated rings. The lowest BCUT2D eigenvalue weighted by Crippen LogP contribution is -2.41. The van der Waals surface area contributed by atoms with Gasteiger partial charge in [-0.2, -0.15) is 0 Å². The molecule has 0 radical (unpaired) electrons. The van der Waals surface area contributed by atoms with Gasteiger partial charge in [0.15, 0.2) is 0 Å². The molecule has 0 aliphatic carbocycles. The Kier molecular flexibility index (Phi) is 6.19. The summed E-state index contributed by atoms with van der Waals surface area (Å²) in [6, 6.07) is 9.16. The predicted octanol–water partition coefficient (Wildman–Crippen LogP) is 3.08. The summed E-state index contributed by atoms with van der Waals surface area (Å²) < 4.78 is 5.37. The van der Waals surface area contributed by atoms with E-state index in [0.29, 0.717) is 19.4 Å². The number of ether oxygens (including phenoxy) is 1. The van der Waals surface area contributed by atoms with Crippen LogP contribution in [0.25, 0.3) is 0 Å².